The van der Waals surface area contributed by atoms with Crippen molar-refractivity contribution in [2.75, 3.05) is 0 Å². The van der Waals surface area contributed by atoms with E-state index in [2.05, 4.69) is 170 Å². The van der Waals surface area contributed by atoms with Crippen LogP contribution >= 0.6 is 22.7 Å². The summed E-state index contributed by atoms with van der Waals surface area (Å²) in [7, 11) is 0. The molecule has 10 aromatic carbocycles. The van der Waals surface area contributed by atoms with Gasteiger partial charge in [-0.3, -0.25) is 0 Å². The molecule has 0 fully saturated rings. The predicted molar refractivity (Wildman–Crippen MR) is 231 cm³/mol. The summed E-state index contributed by atoms with van der Waals surface area (Å²) in [4.78, 5) is 0. The Kier molecular flexibility index (Phi) is 5.90. The first-order valence-electron chi connectivity index (χ1n) is 17.8. The first kappa shape index (κ1) is 28.6. The molecule has 12 aromatic rings. The molecule has 0 unspecified atom stereocenters. The second-order valence-corrected chi connectivity index (χ2v) is 16.0. The summed E-state index contributed by atoms with van der Waals surface area (Å²) in [6.07, 6.45) is 0. The Morgan fingerprint density at radius 1 is 0.250 bits per heavy atom. The van der Waals surface area contributed by atoms with E-state index in [4.69, 9.17) is 0 Å². The number of hydrogen-bond acceptors (Lipinski definition) is 2. The maximum atomic E-state index is 2.48. The van der Waals surface area contributed by atoms with Crippen molar-refractivity contribution < 1.29 is 0 Å². The number of thiophene rings is 2. The van der Waals surface area contributed by atoms with E-state index in [0.717, 1.165) is 0 Å². The highest BCUT2D eigenvalue weighted by Crippen LogP contribution is 2.48. The van der Waals surface area contributed by atoms with Crippen LogP contribution in [0.2, 0.25) is 0 Å². The van der Waals surface area contributed by atoms with Crippen LogP contribution in [0.5, 0.6) is 0 Å². The summed E-state index contributed by atoms with van der Waals surface area (Å²) >= 11 is 3.80. The average molecular weight is 693 g/mol. The van der Waals surface area contributed by atoms with Crippen molar-refractivity contribution in [2.24, 2.45) is 0 Å². The van der Waals surface area contributed by atoms with E-state index in [-0.39, 0.29) is 0 Å². The number of rotatable bonds is 2. The molecule has 0 bridgehead atoms. The lowest BCUT2D eigenvalue weighted by atomic mass is 9.85. The molecule has 52 heavy (non-hydrogen) atoms. The van der Waals surface area contributed by atoms with E-state index in [0.29, 0.717) is 0 Å². The number of benzene rings is 10. The molecule has 0 spiro atoms. The predicted octanol–water partition coefficient (Wildman–Crippen LogP) is 15.5. The van der Waals surface area contributed by atoms with Gasteiger partial charge in [0.2, 0.25) is 0 Å². The minimum atomic E-state index is 1.26. The third-order valence-electron chi connectivity index (χ3n) is 11.2. The Morgan fingerprint density at radius 2 is 0.615 bits per heavy atom. The minimum absolute atomic E-state index is 1.26. The van der Waals surface area contributed by atoms with Gasteiger partial charge in [-0.1, -0.05) is 146 Å². The maximum absolute atomic E-state index is 2.48. The van der Waals surface area contributed by atoms with Gasteiger partial charge < -0.3 is 0 Å². The average Bonchev–Trinajstić information content (AvgIpc) is 3.79. The summed E-state index contributed by atoms with van der Waals surface area (Å²) in [5.41, 5.74) is 5.11. The van der Waals surface area contributed by atoms with Gasteiger partial charge in [-0.25, -0.2) is 0 Å². The van der Waals surface area contributed by atoms with Crippen molar-refractivity contribution in [2.45, 2.75) is 0 Å². The zero-order chi connectivity index (χ0) is 33.9. The van der Waals surface area contributed by atoms with Gasteiger partial charge in [0.1, 0.15) is 0 Å². The lowest BCUT2D eigenvalue weighted by Crippen LogP contribution is -1.90. The van der Waals surface area contributed by atoms with Crippen LogP contribution in [-0.2, 0) is 0 Å². The van der Waals surface area contributed by atoms with Crippen LogP contribution in [0.4, 0.5) is 0 Å². The van der Waals surface area contributed by atoms with Crippen LogP contribution in [-0.4, -0.2) is 0 Å². The van der Waals surface area contributed by atoms with Gasteiger partial charge >= 0.3 is 0 Å². The third-order valence-corrected chi connectivity index (χ3v) is 13.7. The Bertz CT molecular complexity index is 3240. The highest BCUT2D eigenvalue weighted by Gasteiger charge is 2.19. The van der Waals surface area contributed by atoms with E-state index >= 15 is 0 Å². The Hall–Kier alpha value is -6.06. The molecular weight excluding hydrogens is 665 g/mol. The molecule has 2 aromatic heterocycles. The molecule has 0 aliphatic rings. The molecule has 0 radical (unpaired) electrons. The van der Waals surface area contributed by atoms with Gasteiger partial charge in [-0.15, -0.1) is 22.7 Å². The SMILES string of the molecule is c1ccc2c(c1)sc1c(-c3ccc4c5ccccc5c5c6cc(-c7cccc8c7sc7ccccc78)ccc6c6ccccc6c5c4c3)cccc12. The molecule has 240 valence electrons. The molecule has 0 saturated heterocycles. The van der Waals surface area contributed by atoms with E-state index in [1.165, 1.54) is 116 Å². The van der Waals surface area contributed by atoms with Crippen LogP contribution in [0.3, 0.4) is 0 Å². The third kappa shape index (κ3) is 3.91. The van der Waals surface area contributed by atoms with Crippen LogP contribution in [0, 0.1) is 0 Å². The molecule has 0 aliphatic carbocycles. The molecule has 2 heterocycles. The Morgan fingerprint density at radius 3 is 1.08 bits per heavy atom. The van der Waals surface area contributed by atoms with Crippen LogP contribution < -0.4 is 0 Å². The molecule has 0 nitrogen and oxygen atoms in total. The van der Waals surface area contributed by atoms with Crippen molar-refractivity contribution in [3.05, 3.63) is 170 Å². The topological polar surface area (TPSA) is 0 Å². The van der Waals surface area contributed by atoms with Crippen LogP contribution in [0.15, 0.2) is 170 Å². The Balaban J connectivity index is 1.22. The van der Waals surface area contributed by atoms with Crippen LogP contribution in [0.1, 0.15) is 0 Å². The van der Waals surface area contributed by atoms with Crippen LogP contribution in [0.25, 0.3) is 116 Å². The van der Waals surface area contributed by atoms with E-state index in [9.17, 15) is 0 Å². The normalized spacial score (nSPS) is 12.2. The first-order valence-corrected chi connectivity index (χ1v) is 19.5. The first-order chi connectivity index (χ1) is 25.8. The standard InChI is InChI=1S/C50H28S2/c1-3-15-39-33(11-1)35-25-23-29(31-17-9-19-41-37-13-5-7-21-45(37)51-49(31)41)27-43(35)48-40-16-4-2-12-34(40)36-26-24-30(28-44(36)47(39)48)32-18-10-20-42-38-14-6-8-22-46(38)52-50(32)42/h1-28H. The monoisotopic (exact) mass is 692 g/mol. The summed E-state index contributed by atoms with van der Waals surface area (Å²) in [6, 6.07) is 63.6. The van der Waals surface area contributed by atoms with E-state index in [1.807, 2.05) is 22.7 Å². The lowest BCUT2D eigenvalue weighted by Gasteiger charge is -2.18. The summed E-state index contributed by atoms with van der Waals surface area (Å²) in [6.45, 7) is 0. The molecule has 0 atom stereocenters. The van der Waals surface area contributed by atoms with Gasteiger partial charge in [0.05, 0.1) is 0 Å². The van der Waals surface area contributed by atoms with Gasteiger partial charge in [0.25, 0.3) is 0 Å². The number of fused-ring (bicyclic) bond motifs is 17. The summed E-state index contributed by atoms with van der Waals surface area (Å²) < 4.78 is 5.37. The minimum Gasteiger partial charge on any atom is -0.135 e. The molecule has 2 heteroatoms. The molecular formula is C50H28S2. The van der Waals surface area contributed by atoms with E-state index in [1.54, 1.807) is 0 Å². The Labute approximate surface area is 307 Å². The van der Waals surface area contributed by atoms with Gasteiger partial charge in [0, 0.05) is 40.3 Å². The molecule has 0 N–H and O–H groups in total. The lowest BCUT2D eigenvalue weighted by molar-refractivity contribution is 1.72. The second kappa shape index (κ2) is 10.7. The molecule has 12 rings (SSSR count). The van der Waals surface area contributed by atoms with Gasteiger partial charge in [-0.05, 0) is 100 Å². The fourth-order valence-corrected chi connectivity index (χ4v) is 11.4. The quantitative estimate of drug-likeness (QED) is 0.158. The molecule has 0 saturated carbocycles. The van der Waals surface area contributed by atoms with Crippen molar-refractivity contribution in [3.8, 4) is 22.3 Å². The fraction of sp³-hybridized carbons (Fsp3) is 0. The smallest absolute Gasteiger partial charge is 0.0433 e. The number of hydrogen-bond donors (Lipinski definition) is 0. The largest absolute Gasteiger partial charge is 0.135 e. The van der Waals surface area contributed by atoms with Crippen molar-refractivity contribution in [1.82, 2.24) is 0 Å². The fourth-order valence-electron chi connectivity index (χ4n) is 8.96. The maximum Gasteiger partial charge on any atom is 0.0433 e. The zero-order valence-corrected chi connectivity index (χ0v) is 29.6. The zero-order valence-electron chi connectivity index (χ0n) is 28.0. The second-order valence-electron chi connectivity index (χ2n) is 13.9. The molecule has 0 aliphatic heterocycles. The highest BCUT2D eigenvalue weighted by molar-refractivity contribution is 7.26. The molecule has 0 amide bonds. The summed E-state index contributed by atoms with van der Waals surface area (Å²) in [5, 5.41) is 18.4. The summed E-state index contributed by atoms with van der Waals surface area (Å²) in [5.74, 6) is 0. The van der Waals surface area contributed by atoms with E-state index < -0.39 is 0 Å². The van der Waals surface area contributed by atoms with Crippen molar-refractivity contribution in [1.29, 1.82) is 0 Å². The highest BCUT2D eigenvalue weighted by atomic mass is 32.1. The van der Waals surface area contributed by atoms with Crippen molar-refractivity contribution in [3.63, 3.8) is 0 Å². The van der Waals surface area contributed by atoms with Crippen molar-refractivity contribution >= 4 is 117 Å². The van der Waals surface area contributed by atoms with Gasteiger partial charge in [-0.2, -0.15) is 0 Å². The van der Waals surface area contributed by atoms with Gasteiger partial charge in [0.15, 0.2) is 0 Å².